The van der Waals surface area contributed by atoms with Gasteiger partial charge in [0.05, 0.1) is 0 Å². The molecule has 66 valence electrons. The topological polar surface area (TPSA) is 20.2 Å². The Morgan fingerprint density at radius 3 is 3.00 bits per heavy atom. The third-order valence-electron chi connectivity index (χ3n) is 2.21. The van der Waals surface area contributed by atoms with E-state index in [9.17, 15) is 5.11 Å². The Bertz CT molecular complexity index is 258. The zero-order valence-electron chi connectivity index (χ0n) is 6.99. The number of thioether (sulfide) groups is 1. The van der Waals surface area contributed by atoms with Crippen LogP contribution in [0.25, 0.3) is 0 Å². The van der Waals surface area contributed by atoms with E-state index in [-0.39, 0.29) is 0 Å². The van der Waals surface area contributed by atoms with Gasteiger partial charge in [0, 0.05) is 15.9 Å². The molecular formula is C9H12OS2. The van der Waals surface area contributed by atoms with E-state index in [0.29, 0.717) is 5.25 Å². The Morgan fingerprint density at radius 1 is 1.67 bits per heavy atom. The molecule has 0 bridgehead atoms. The highest BCUT2D eigenvalue weighted by Crippen LogP contribution is 2.42. The first kappa shape index (κ1) is 8.60. The van der Waals surface area contributed by atoms with E-state index < -0.39 is 5.60 Å². The molecule has 0 aliphatic carbocycles. The second-order valence-corrected chi connectivity index (χ2v) is 5.71. The fourth-order valence-corrected chi connectivity index (χ4v) is 3.74. The van der Waals surface area contributed by atoms with Crippen LogP contribution in [0.2, 0.25) is 0 Å². The first-order chi connectivity index (χ1) is 5.71. The van der Waals surface area contributed by atoms with Gasteiger partial charge >= 0.3 is 0 Å². The average molecular weight is 200 g/mol. The maximum Gasteiger partial charge on any atom is 0.109 e. The van der Waals surface area contributed by atoms with Crippen LogP contribution in [0.4, 0.5) is 0 Å². The molecule has 0 aromatic carbocycles. The van der Waals surface area contributed by atoms with Gasteiger partial charge in [-0.15, -0.1) is 11.3 Å². The summed E-state index contributed by atoms with van der Waals surface area (Å²) in [4.78, 5) is 1.12. The molecule has 1 aromatic rings. The van der Waals surface area contributed by atoms with Crippen molar-refractivity contribution in [3.63, 3.8) is 0 Å². The Hall–Kier alpha value is 0.01000. The Kier molecular flexibility index (Phi) is 2.19. The van der Waals surface area contributed by atoms with Gasteiger partial charge in [-0.2, -0.15) is 11.8 Å². The summed E-state index contributed by atoms with van der Waals surface area (Å²) in [6, 6.07) is 4.04. The van der Waals surface area contributed by atoms with Crippen molar-refractivity contribution in [2.24, 2.45) is 0 Å². The lowest BCUT2D eigenvalue weighted by Gasteiger charge is -2.19. The Balaban J connectivity index is 2.23. The zero-order valence-corrected chi connectivity index (χ0v) is 8.62. The van der Waals surface area contributed by atoms with Gasteiger partial charge in [-0.3, -0.25) is 0 Å². The van der Waals surface area contributed by atoms with Crippen molar-refractivity contribution in [2.45, 2.75) is 24.2 Å². The van der Waals surface area contributed by atoms with E-state index in [0.717, 1.165) is 17.1 Å². The molecule has 0 spiro atoms. The van der Waals surface area contributed by atoms with Crippen molar-refractivity contribution in [1.29, 1.82) is 0 Å². The maximum absolute atomic E-state index is 10.2. The van der Waals surface area contributed by atoms with Crippen LogP contribution in [0.15, 0.2) is 17.5 Å². The summed E-state index contributed by atoms with van der Waals surface area (Å²) in [7, 11) is 0. The minimum atomic E-state index is -0.530. The number of hydrogen-bond donors (Lipinski definition) is 1. The van der Waals surface area contributed by atoms with E-state index in [1.807, 2.05) is 29.3 Å². The molecule has 2 atom stereocenters. The van der Waals surface area contributed by atoms with Crippen LogP contribution in [0.3, 0.4) is 0 Å². The summed E-state index contributed by atoms with van der Waals surface area (Å²) in [6.07, 6.45) is 0.901. The van der Waals surface area contributed by atoms with Gasteiger partial charge in [0.1, 0.15) is 5.60 Å². The fraction of sp³-hybridized carbons (Fsp3) is 0.556. The SMILES string of the molecule is CC1CC(O)(c2cccs2)CS1. The molecule has 0 saturated carbocycles. The van der Waals surface area contributed by atoms with Gasteiger partial charge in [-0.05, 0) is 17.9 Å². The fourth-order valence-electron chi connectivity index (χ4n) is 1.59. The smallest absolute Gasteiger partial charge is 0.109 e. The highest BCUT2D eigenvalue weighted by atomic mass is 32.2. The number of hydrogen-bond acceptors (Lipinski definition) is 3. The van der Waals surface area contributed by atoms with Crippen LogP contribution in [0, 0.1) is 0 Å². The van der Waals surface area contributed by atoms with Crippen molar-refractivity contribution >= 4 is 23.1 Å². The molecule has 1 saturated heterocycles. The van der Waals surface area contributed by atoms with Crippen molar-refractivity contribution in [3.8, 4) is 0 Å². The van der Waals surface area contributed by atoms with E-state index in [1.54, 1.807) is 11.3 Å². The number of thiophene rings is 1. The molecule has 1 N–H and O–H groups in total. The second kappa shape index (κ2) is 3.05. The molecule has 1 nitrogen and oxygen atoms in total. The molecule has 1 aliphatic rings. The van der Waals surface area contributed by atoms with Crippen LogP contribution in [0.5, 0.6) is 0 Å². The summed E-state index contributed by atoms with van der Waals surface area (Å²) in [5.74, 6) is 0.856. The van der Waals surface area contributed by atoms with Crippen LogP contribution >= 0.6 is 23.1 Å². The molecule has 1 aliphatic heterocycles. The van der Waals surface area contributed by atoms with Gasteiger partial charge in [-0.1, -0.05) is 13.0 Å². The minimum absolute atomic E-state index is 0.530. The highest BCUT2D eigenvalue weighted by Gasteiger charge is 2.38. The molecule has 2 unspecified atom stereocenters. The summed E-state index contributed by atoms with van der Waals surface area (Å²) in [5.41, 5.74) is -0.530. The van der Waals surface area contributed by atoms with Crippen LogP contribution in [0.1, 0.15) is 18.2 Å². The summed E-state index contributed by atoms with van der Waals surface area (Å²) in [6.45, 7) is 2.18. The first-order valence-corrected chi connectivity index (χ1v) is 6.01. The van der Waals surface area contributed by atoms with Crippen molar-refractivity contribution in [1.82, 2.24) is 0 Å². The van der Waals surface area contributed by atoms with Gasteiger partial charge in [0.2, 0.25) is 0 Å². The highest BCUT2D eigenvalue weighted by molar-refractivity contribution is 8.00. The average Bonchev–Trinajstić information content (AvgIpc) is 2.59. The van der Waals surface area contributed by atoms with Gasteiger partial charge in [0.25, 0.3) is 0 Å². The predicted octanol–water partition coefficient (Wildman–Crippen LogP) is 2.46. The van der Waals surface area contributed by atoms with Gasteiger partial charge < -0.3 is 5.11 Å². The van der Waals surface area contributed by atoms with Crippen LogP contribution < -0.4 is 0 Å². The first-order valence-electron chi connectivity index (χ1n) is 4.09. The van der Waals surface area contributed by atoms with Gasteiger partial charge in [0.15, 0.2) is 0 Å². The summed E-state index contributed by atoms with van der Waals surface area (Å²) < 4.78 is 0. The van der Waals surface area contributed by atoms with E-state index in [1.165, 1.54) is 0 Å². The van der Waals surface area contributed by atoms with Crippen molar-refractivity contribution in [2.75, 3.05) is 5.75 Å². The van der Waals surface area contributed by atoms with Crippen molar-refractivity contribution in [3.05, 3.63) is 22.4 Å². The van der Waals surface area contributed by atoms with Gasteiger partial charge in [-0.25, -0.2) is 0 Å². The molecule has 2 heterocycles. The van der Waals surface area contributed by atoms with E-state index in [2.05, 4.69) is 6.92 Å². The summed E-state index contributed by atoms with van der Waals surface area (Å²) in [5, 5.41) is 12.8. The molecular weight excluding hydrogens is 188 g/mol. The van der Waals surface area contributed by atoms with E-state index in [4.69, 9.17) is 0 Å². The summed E-state index contributed by atoms with van der Waals surface area (Å²) >= 11 is 3.52. The lowest BCUT2D eigenvalue weighted by atomic mass is 9.99. The Labute approximate surface area is 80.8 Å². The number of aliphatic hydroxyl groups is 1. The largest absolute Gasteiger partial charge is 0.383 e. The normalized spacial score (nSPS) is 35.7. The lowest BCUT2D eigenvalue weighted by Crippen LogP contribution is -2.23. The third kappa shape index (κ3) is 1.41. The molecule has 2 rings (SSSR count). The molecule has 0 radical (unpaired) electrons. The standard InChI is InChI=1S/C9H12OS2/c1-7-5-9(10,6-12-7)8-3-2-4-11-8/h2-4,7,10H,5-6H2,1H3. The van der Waals surface area contributed by atoms with Crippen molar-refractivity contribution < 1.29 is 5.11 Å². The Morgan fingerprint density at radius 2 is 2.50 bits per heavy atom. The van der Waals surface area contributed by atoms with E-state index >= 15 is 0 Å². The minimum Gasteiger partial charge on any atom is -0.383 e. The monoisotopic (exact) mass is 200 g/mol. The quantitative estimate of drug-likeness (QED) is 0.751. The predicted molar refractivity (Wildman–Crippen MR) is 54.8 cm³/mol. The molecule has 12 heavy (non-hydrogen) atoms. The van der Waals surface area contributed by atoms with Crippen LogP contribution in [-0.2, 0) is 5.60 Å². The molecule has 3 heteroatoms. The van der Waals surface area contributed by atoms with Crippen LogP contribution in [-0.4, -0.2) is 16.1 Å². The lowest BCUT2D eigenvalue weighted by molar-refractivity contribution is 0.0651. The second-order valence-electron chi connectivity index (χ2n) is 3.33. The zero-order chi connectivity index (χ0) is 8.60. The molecule has 1 fully saturated rings. The molecule has 0 amide bonds. The maximum atomic E-state index is 10.2. The number of rotatable bonds is 1. The molecule has 1 aromatic heterocycles. The third-order valence-corrected chi connectivity index (χ3v) is 4.65.